The molecule has 0 bridgehead atoms. The molecule has 3 rings (SSSR count). The predicted molar refractivity (Wildman–Crippen MR) is 92.4 cm³/mol. The quantitative estimate of drug-likeness (QED) is 0.866. The standard InChI is InChI=1S/C20H29NO2/c22-19(11-10-17-6-4-5-7-17)21-16-20(12-14-23-15-13-20)18-8-2-1-3-9-18/h1-3,8-9,17H,4-7,10-16H2,(H,21,22). The van der Waals surface area contributed by atoms with Crippen molar-refractivity contribution in [2.75, 3.05) is 19.8 Å². The third-order valence-electron chi connectivity index (χ3n) is 5.71. The summed E-state index contributed by atoms with van der Waals surface area (Å²) in [5, 5.41) is 3.22. The van der Waals surface area contributed by atoms with Crippen molar-refractivity contribution < 1.29 is 9.53 Å². The zero-order valence-electron chi connectivity index (χ0n) is 14.1. The number of hydrogen-bond donors (Lipinski definition) is 1. The first-order chi connectivity index (χ1) is 11.3. The second-order valence-corrected chi connectivity index (χ2v) is 7.22. The Hall–Kier alpha value is -1.35. The van der Waals surface area contributed by atoms with Gasteiger partial charge in [0, 0.05) is 31.6 Å². The summed E-state index contributed by atoms with van der Waals surface area (Å²) in [7, 11) is 0. The van der Waals surface area contributed by atoms with E-state index in [-0.39, 0.29) is 11.3 Å². The lowest BCUT2D eigenvalue weighted by atomic mass is 9.74. The zero-order chi connectivity index (χ0) is 16.0. The molecule has 1 aromatic rings. The Morgan fingerprint density at radius 2 is 1.83 bits per heavy atom. The highest BCUT2D eigenvalue weighted by Gasteiger charge is 2.34. The Labute approximate surface area is 139 Å². The van der Waals surface area contributed by atoms with E-state index in [2.05, 4.69) is 35.6 Å². The monoisotopic (exact) mass is 315 g/mol. The van der Waals surface area contributed by atoms with Crippen LogP contribution in [0.5, 0.6) is 0 Å². The first kappa shape index (κ1) is 16.5. The fraction of sp³-hybridized carbons (Fsp3) is 0.650. The molecule has 0 aromatic heterocycles. The van der Waals surface area contributed by atoms with Crippen LogP contribution in [-0.4, -0.2) is 25.7 Å². The molecule has 1 saturated heterocycles. The smallest absolute Gasteiger partial charge is 0.220 e. The van der Waals surface area contributed by atoms with Crippen molar-refractivity contribution in [2.45, 2.75) is 56.8 Å². The Morgan fingerprint density at radius 3 is 2.52 bits per heavy atom. The van der Waals surface area contributed by atoms with Gasteiger partial charge in [0.25, 0.3) is 0 Å². The van der Waals surface area contributed by atoms with E-state index in [0.717, 1.165) is 44.9 Å². The number of carbonyl (C=O) groups is 1. The van der Waals surface area contributed by atoms with Gasteiger partial charge in [-0.3, -0.25) is 4.79 Å². The first-order valence-electron chi connectivity index (χ1n) is 9.18. The number of carbonyl (C=O) groups excluding carboxylic acids is 1. The van der Waals surface area contributed by atoms with Crippen molar-refractivity contribution in [1.29, 1.82) is 0 Å². The van der Waals surface area contributed by atoms with Crippen LogP contribution in [-0.2, 0) is 14.9 Å². The Balaban J connectivity index is 1.55. The molecule has 1 amide bonds. The molecule has 3 nitrogen and oxygen atoms in total. The van der Waals surface area contributed by atoms with Gasteiger partial charge in [-0.05, 0) is 30.7 Å². The van der Waals surface area contributed by atoms with Gasteiger partial charge in [0.1, 0.15) is 0 Å². The molecule has 1 N–H and O–H groups in total. The van der Waals surface area contributed by atoms with Crippen LogP contribution in [0.2, 0.25) is 0 Å². The van der Waals surface area contributed by atoms with Gasteiger partial charge in [-0.15, -0.1) is 0 Å². The lowest BCUT2D eigenvalue weighted by Gasteiger charge is -2.38. The SMILES string of the molecule is O=C(CCC1CCCC1)NCC1(c2ccccc2)CCOCC1. The van der Waals surface area contributed by atoms with Gasteiger partial charge in [-0.25, -0.2) is 0 Å². The van der Waals surface area contributed by atoms with Crippen LogP contribution in [0.4, 0.5) is 0 Å². The molecular weight excluding hydrogens is 286 g/mol. The normalized spacial score (nSPS) is 21.2. The number of ether oxygens (including phenoxy) is 1. The van der Waals surface area contributed by atoms with Crippen molar-refractivity contribution in [3.05, 3.63) is 35.9 Å². The molecule has 2 fully saturated rings. The predicted octanol–water partition coefficient (Wildman–Crippen LogP) is 3.82. The molecule has 0 spiro atoms. The minimum absolute atomic E-state index is 0.0442. The van der Waals surface area contributed by atoms with Crippen LogP contribution in [0.3, 0.4) is 0 Å². The van der Waals surface area contributed by atoms with Crippen LogP contribution in [0, 0.1) is 5.92 Å². The highest BCUT2D eigenvalue weighted by atomic mass is 16.5. The Kier molecular flexibility index (Phi) is 5.71. The molecule has 1 heterocycles. The summed E-state index contributed by atoms with van der Waals surface area (Å²) < 4.78 is 5.56. The first-order valence-corrected chi connectivity index (χ1v) is 9.18. The second kappa shape index (κ2) is 7.96. The molecule has 0 radical (unpaired) electrons. The highest BCUT2D eigenvalue weighted by Crippen LogP contribution is 2.34. The van der Waals surface area contributed by atoms with E-state index in [1.807, 2.05) is 0 Å². The van der Waals surface area contributed by atoms with Gasteiger partial charge < -0.3 is 10.1 Å². The number of rotatable bonds is 6. The highest BCUT2D eigenvalue weighted by molar-refractivity contribution is 5.76. The lowest BCUT2D eigenvalue weighted by molar-refractivity contribution is -0.121. The summed E-state index contributed by atoms with van der Waals surface area (Å²) >= 11 is 0. The number of benzene rings is 1. The van der Waals surface area contributed by atoms with Crippen molar-refractivity contribution in [2.24, 2.45) is 5.92 Å². The van der Waals surface area contributed by atoms with Gasteiger partial charge in [0.2, 0.25) is 5.91 Å². The average Bonchev–Trinajstić information content (AvgIpc) is 3.13. The fourth-order valence-corrected chi connectivity index (χ4v) is 4.11. The average molecular weight is 315 g/mol. The summed E-state index contributed by atoms with van der Waals surface area (Å²) in [5.41, 5.74) is 1.38. The van der Waals surface area contributed by atoms with E-state index < -0.39 is 0 Å². The van der Waals surface area contributed by atoms with E-state index in [4.69, 9.17) is 4.74 Å². The summed E-state index contributed by atoms with van der Waals surface area (Å²) in [6.07, 6.45) is 9.06. The number of hydrogen-bond acceptors (Lipinski definition) is 2. The van der Waals surface area contributed by atoms with Crippen molar-refractivity contribution in [3.8, 4) is 0 Å². The van der Waals surface area contributed by atoms with Gasteiger partial charge in [0.15, 0.2) is 0 Å². The molecule has 0 unspecified atom stereocenters. The molecule has 1 aliphatic carbocycles. The molecule has 1 saturated carbocycles. The van der Waals surface area contributed by atoms with Crippen LogP contribution >= 0.6 is 0 Å². The van der Waals surface area contributed by atoms with Gasteiger partial charge >= 0.3 is 0 Å². The van der Waals surface area contributed by atoms with Crippen molar-refractivity contribution in [3.63, 3.8) is 0 Å². The van der Waals surface area contributed by atoms with Crippen LogP contribution in [0.15, 0.2) is 30.3 Å². The zero-order valence-corrected chi connectivity index (χ0v) is 14.1. The van der Waals surface area contributed by atoms with Crippen molar-refractivity contribution in [1.82, 2.24) is 5.32 Å². The molecule has 1 aromatic carbocycles. The summed E-state index contributed by atoms with van der Waals surface area (Å²) in [4.78, 5) is 12.3. The molecule has 23 heavy (non-hydrogen) atoms. The van der Waals surface area contributed by atoms with E-state index >= 15 is 0 Å². The van der Waals surface area contributed by atoms with E-state index in [1.165, 1.54) is 31.2 Å². The molecular formula is C20H29NO2. The van der Waals surface area contributed by atoms with Crippen LogP contribution in [0.1, 0.15) is 56.9 Å². The Morgan fingerprint density at radius 1 is 1.13 bits per heavy atom. The van der Waals surface area contributed by atoms with Gasteiger partial charge in [-0.1, -0.05) is 56.0 Å². The van der Waals surface area contributed by atoms with E-state index in [9.17, 15) is 4.79 Å². The van der Waals surface area contributed by atoms with E-state index in [0.29, 0.717) is 6.42 Å². The van der Waals surface area contributed by atoms with Crippen molar-refractivity contribution >= 4 is 5.91 Å². The summed E-state index contributed by atoms with van der Waals surface area (Å²) in [5.74, 6) is 1.01. The fourth-order valence-electron chi connectivity index (χ4n) is 4.11. The minimum Gasteiger partial charge on any atom is -0.381 e. The number of nitrogens with one attached hydrogen (secondary N) is 1. The Bertz CT molecular complexity index is 488. The molecule has 126 valence electrons. The summed E-state index contributed by atoms with van der Waals surface area (Å²) in [6.45, 7) is 2.31. The maximum atomic E-state index is 12.3. The largest absolute Gasteiger partial charge is 0.381 e. The molecule has 1 aliphatic heterocycles. The maximum Gasteiger partial charge on any atom is 0.220 e. The molecule has 3 heteroatoms. The van der Waals surface area contributed by atoms with Crippen LogP contribution in [0.25, 0.3) is 0 Å². The third-order valence-corrected chi connectivity index (χ3v) is 5.71. The van der Waals surface area contributed by atoms with Crippen LogP contribution < -0.4 is 5.32 Å². The number of amides is 1. The minimum atomic E-state index is 0.0442. The van der Waals surface area contributed by atoms with Gasteiger partial charge in [-0.2, -0.15) is 0 Å². The summed E-state index contributed by atoms with van der Waals surface area (Å²) in [6, 6.07) is 10.6. The lowest BCUT2D eigenvalue weighted by Crippen LogP contribution is -2.44. The second-order valence-electron chi connectivity index (χ2n) is 7.22. The van der Waals surface area contributed by atoms with Gasteiger partial charge in [0.05, 0.1) is 0 Å². The topological polar surface area (TPSA) is 38.3 Å². The maximum absolute atomic E-state index is 12.3. The molecule has 0 atom stereocenters. The third kappa shape index (κ3) is 4.35. The molecule has 2 aliphatic rings. The van der Waals surface area contributed by atoms with E-state index in [1.54, 1.807) is 0 Å².